The monoisotopic (exact) mass is 386 g/mol. The molecule has 1 amide bonds. The van der Waals surface area contributed by atoms with Gasteiger partial charge in [0.25, 0.3) is 5.91 Å². The maximum absolute atomic E-state index is 12.7. The van der Waals surface area contributed by atoms with E-state index in [2.05, 4.69) is 15.3 Å². The highest BCUT2D eigenvalue weighted by Gasteiger charge is 2.29. The van der Waals surface area contributed by atoms with Gasteiger partial charge in [0, 0.05) is 43.0 Å². The molecule has 0 aliphatic carbocycles. The molecule has 6 nitrogen and oxygen atoms in total. The molecule has 0 saturated carbocycles. The lowest BCUT2D eigenvalue weighted by Gasteiger charge is -2.23. The molecule has 142 valence electrons. The van der Waals surface area contributed by atoms with E-state index in [1.54, 1.807) is 6.20 Å². The fraction of sp³-hybridized carbons (Fsp3) is 0.450. The van der Waals surface area contributed by atoms with E-state index >= 15 is 0 Å². The summed E-state index contributed by atoms with van der Waals surface area (Å²) < 4.78 is 5.39. The van der Waals surface area contributed by atoms with Crippen molar-refractivity contribution in [1.29, 1.82) is 0 Å². The maximum atomic E-state index is 12.7. The van der Waals surface area contributed by atoms with Crippen LogP contribution in [0.15, 0.2) is 24.4 Å². The molecule has 2 aliphatic heterocycles. The van der Waals surface area contributed by atoms with E-state index in [0.717, 1.165) is 42.7 Å². The van der Waals surface area contributed by atoms with Gasteiger partial charge in [-0.15, -0.1) is 0 Å². The molecule has 0 spiro atoms. The number of carbonyl (C=O) groups excluding carboxylic acids is 1. The molecule has 1 fully saturated rings. The van der Waals surface area contributed by atoms with Crippen molar-refractivity contribution in [2.45, 2.75) is 45.3 Å². The van der Waals surface area contributed by atoms with Gasteiger partial charge in [-0.1, -0.05) is 23.7 Å². The van der Waals surface area contributed by atoms with Crippen molar-refractivity contribution in [3.63, 3.8) is 0 Å². The fourth-order valence-corrected chi connectivity index (χ4v) is 3.75. The van der Waals surface area contributed by atoms with Gasteiger partial charge in [-0.2, -0.15) is 0 Å². The predicted octanol–water partition coefficient (Wildman–Crippen LogP) is 3.75. The Bertz CT molecular complexity index is 865. The fourth-order valence-electron chi connectivity index (χ4n) is 3.55. The van der Waals surface area contributed by atoms with Crippen LogP contribution in [0, 0.1) is 0 Å². The summed E-state index contributed by atoms with van der Waals surface area (Å²) in [6.07, 6.45) is 3.47. The van der Waals surface area contributed by atoms with Crippen molar-refractivity contribution < 1.29 is 9.53 Å². The number of nitrogens with zero attached hydrogens (tertiary/aromatic N) is 3. The number of halogens is 1. The number of carbonyl (C=O) groups is 1. The zero-order chi connectivity index (χ0) is 19.0. The Hall–Kier alpha value is -2.18. The van der Waals surface area contributed by atoms with Crippen LogP contribution >= 0.6 is 11.6 Å². The zero-order valence-electron chi connectivity index (χ0n) is 15.5. The molecule has 1 aromatic heterocycles. The molecule has 0 unspecified atom stereocenters. The van der Waals surface area contributed by atoms with E-state index in [4.69, 9.17) is 16.3 Å². The van der Waals surface area contributed by atoms with Gasteiger partial charge in [-0.05, 0) is 38.3 Å². The quantitative estimate of drug-likeness (QED) is 0.866. The molecule has 1 N–H and O–H groups in total. The summed E-state index contributed by atoms with van der Waals surface area (Å²) in [5.74, 6) is 0.615. The second-order valence-electron chi connectivity index (χ2n) is 7.32. The van der Waals surface area contributed by atoms with Gasteiger partial charge in [0.2, 0.25) is 5.95 Å². The molecule has 2 aliphatic rings. The summed E-state index contributed by atoms with van der Waals surface area (Å²) in [6.45, 7) is 6.20. The number of nitrogens with one attached hydrogen (secondary N) is 1. The Morgan fingerprint density at radius 1 is 1.30 bits per heavy atom. The van der Waals surface area contributed by atoms with Gasteiger partial charge in [-0.3, -0.25) is 4.79 Å². The van der Waals surface area contributed by atoms with Crippen molar-refractivity contribution in [1.82, 2.24) is 14.9 Å². The molecule has 0 bridgehead atoms. The number of amides is 1. The van der Waals surface area contributed by atoms with Gasteiger partial charge in [0.1, 0.15) is 0 Å². The minimum absolute atomic E-state index is 0.0626. The summed E-state index contributed by atoms with van der Waals surface area (Å²) in [6, 6.07) is 6.34. The van der Waals surface area contributed by atoms with Crippen molar-refractivity contribution in [3.8, 4) is 11.3 Å². The number of rotatable bonds is 4. The average molecular weight is 387 g/mol. The first-order valence-corrected chi connectivity index (χ1v) is 9.72. The predicted molar refractivity (Wildman–Crippen MR) is 105 cm³/mol. The molecular weight excluding hydrogens is 364 g/mol. The number of hydrogen-bond acceptors (Lipinski definition) is 5. The summed E-state index contributed by atoms with van der Waals surface area (Å²) in [5.41, 5.74) is 3.24. The van der Waals surface area contributed by atoms with E-state index in [9.17, 15) is 4.79 Å². The van der Waals surface area contributed by atoms with Crippen LogP contribution in [0.4, 0.5) is 5.95 Å². The third kappa shape index (κ3) is 3.64. The van der Waals surface area contributed by atoms with Crippen LogP contribution in [-0.4, -0.2) is 46.1 Å². The molecule has 7 heteroatoms. The minimum atomic E-state index is 0.0626. The lowest BCUT2D eigenvalue weighted by molar-refractivity contribution is 0.0730. The number of fused-ring (bicyclic) bond motifs is 1. The number of benzene rings is 1. The Labute approximate surface area is 163 Å². The van der Waals surface area contributed by atoms with Gasteiger partial charge in [0.05, 0.1) is 16.9 Å². The van der Waals surface area contributed by atoms with Crippen molar-refractivity contribution in [2.75, 3.05) is 18.5 Å². The number of anilines is 1. The van der Waals surface area contributed by atoms with Crippen LogP contribution in [-0.2, 0) is 11.3 Å². The second kappa shape index (κ2) is 7.44. The topological polar surface area (TPSA) is 67.3 Å². The van der Waals surface area contributed by atoms with Crippen LogP contribution in [0.3, 0.4) is 0 Å². The van der Waals surface area contributed by atoms with E-state index in [0.29, 0.717) is 29.3 Å². The molecule has 0 radical (unpaired) electrons. The highest BCUT2D eigenvalue weighted by atomic mass is 35.5. The largest absolute Gasteiger partial charge is 0.381 e. The Balaban J connectivity index is 1.62. The van der Waals surface area contributed by atoms with Gasteiger partial charge in [0.15, 0.2) is 0 Å². The molecular formula is C20H23ClN4O2. The van der Waals surface area contributed by atoms with E-state index in [1.165, 1.54) is 0 Å². The SMILES string of the molecule is CC(C)N1Cc2ccc(-c3nc(NC4CCOCC4)ncc3Cl)cc2C1=O. The third-order valence-corrected chi connectivity index (χ3v) is 5.41. The third-order valence-electron chi connectivity index (χ3n) is 5.14. The normalized spacial score (nSPS) is 17.5. The van der Waals surface area contributed by atoms with Crippen molar-refractivity contribution >= 4 is 23.5 Å². The van der Waals surface area contributed by atoms with Crippen LogP contribution in [0.1, 0.15) is 42.6 Å². The summed E-state index contributed by atoms with van der Waals surface area (Å²) in [7, 11) is 0. The van der Waals surface area contributed by atoms with Crippen LogP contribution in [0.5, 0.6) is 0 Å². The first-order valence-electron chi connectivity index (χ1n) is 9.34. The Morgan fingerprint density at radius 3 is 2.81 bits per heavy atom. The maximum Gasteiger partial charge on any atom is 0.254 e. The van der Waals surface area contributed by atoms with Crippen molar-refractivity contribution in [2.24, 2.45) is 0 Å². The van der Waals surface area contributed by atoms with Crippen LogP contribution in [0.2, 0.25) is 5.02 Å². The lowest BCUT2D eigenvalue weighted by Crippen LogP contribution is -2.30. The first kappa shape index (κ1) is 18.2. The molecule has 1 saturated heterocycles. The highest BCUT2D eigenvalue weighted by molar-refractivity contribution is 6.33. The standard InChI is InChI=1S/C20H23ClN4O2/c1-12(2)25-11-14-4-3-13(9-16(14)19(25)26)18-17(21)10-22-20(24-18)23-15-5-7-27-8-6-15/h3-4,9-10,12,15H,5-8,11H2,1-2H3,(H,22,23,24). The van der Waals surface area contributed by atoms with E-state index < -0.39 is 0 Å². The summed E-state index contributed by atoms with van der Waals surface area (Å²) in [4.78, 5) is 23.5. The Morgan fingerprint density at radius 2 is 2.07 bits per heavy atom. The minimum Gasteiger partial charge on any atom is -0.381 e. The number of hydrogen-bond donors (Lipinski definition) is 1. The van der Waals surface area contributed by atoms with E-state index in [-0.39, 0.29) is 11.9 Å². The molecule has 3 heterocycles. The Kier molecular flexibility index (Phi) is 5.02. The molecule has 1 aromatic carbocycles. The summed E-state index contributed by atoms with van der Waals surface area (Å²) >= 11 is 6.37. The highest BCUT2D eigenvalue weighted by Crippen LogP contribution is 2.32. The van der Waals surface area contributed by atoms with Gasteiger partial charge >= 0.3 is 0 Å². The average Bonchev–Trinajstić information content (AvgIpc) is 3.01. The van der Waals surface area contributed by atoms with E-state index in [1.807, 2.05) is 36.9 Å². The number of aromatic nitrogens is 2. The van der Waals surface area contributed by atoms with Gasteiger partial charge < -0.3 is 15.0 Å². The lowest BCUT2D eigenvalue weighted by atomic mass is 10.0. The van der Waals surface area contributed by atoms with Crippen molar-refractivity contribution in [3.05, 3.63) is 40.5 Å². The smallest absolute Gasteiger partial charge is 0.254 e. The second-order valence-corrected chi connectivity index (χ2v) is 7.73. The van der Waals surface area contributed by atoms with Gasteiger partial charge in [-0.25, -0.2) is 9.97 Å². The molecule has 27 heavy (non-hydrogen) atoms. The summed E-state index contributed by atoms with van der Waals surface area (Å²) in [5, 5.41) is 3.84. The zero-order valence-corrected chi connectivity index (χ0v) is 16.3. The van der Waals surface area contributed by atoms with Crippen LogP contribution in [0.25, 0.3) is 11.3 Å². The molecule has 4 rings (SSSR count). The van der Waals surface area contributed by atoms with Crippen LogP contribution < -0.4 is 5.32 Å². The first-order chi connectivity index (χ1) is 13.0. The molecule has 0 atom stereocenters. The number of ether oxygens (including phenoxy) is 1. The molecule has 2 aromatic rings.